The molecule has 4 heterocycles. The van der Waals surface area contributed by atoms with Gasteiger partial charge >= 0.3 is 0 Å². The number of hydrogen-bond donors (Lipinski definition) is 4. The van der Waals surface area contributed by atoms with E-state index >= 15 is 0 Å². The molecule has 1 unspecified atom stereocenters. The number of fused-ring (bicyclic) bond motifs is 2. The Kier molecular flexibility index (Phi) is 12.9. The molecule has 5 N–H and O–H groups in total. The summed E-state index contributed by atoms with van der Waals surface area (Å²) in [7, 11) is 0. The highest BCUT2D eigenvalue weighted by Crippen LogP contribution is 2.34. The Morgan fingerprint density at radius 3 is 2.38 bits per heavy atom. The third kappa shape index (κ3) is 9.35. The quantitative estimate of drug-likeness (QED) is 0.0880. The number of hydrogen-bond acceptors (Lipinski definition) is 13. The van der Waals surface area contributed by atoms with Gasteiger partial charge in [0.15, 0.2) is 6.61 Å². The molecule has 0 saturated carbocycles. The molecule has 0 spiro atoms. The van der Waals surface area contributed by atoms with Crippen molar-refractivity contribution in [2.45, 2.75) is 25.3 Å². The van der Waals surface area contributed by atoms with Gasteiger partial charge in [0, 0.05) is 62.1 Å². The topological polar surface area (TPSA) is 232 Å². The van der Waals surface area contributed by atoms with Crippen LogP contribution in [0.5, 0.6) is 5.75 Å². The van der Waals surface area contributed by atoms with Gasteiger partial charge in [-0.3, -0.25) is 48.8 Å². The lowest BCUT2D eigenvalue weighted by Crippen LogP contribution is -2.54. The molecule has 0 bridgehead atoms. The van der Waals surface area contributed by atoms with E-state index in [2.05, 4.69) is 25.8 Å². The third-order valence-electron chi connectivity index (χ3n) is 10.3. The normalized spacial score (nSPS) is 16.5. The fraction of sp³-hybridized carbons (Fsp3) is 0.333. The first-order valence-corrected chi connectivity index (χ1v) is 19.6. The van der Waals surface area contributed by atoms with E-state index < -0.39 is 48.1 Å². The van der Waals surface area contributed by atoms with Crippen LogP contribution in [0, 0.1) is 0 Å². The lowest BCUT2D eigenvalue weighted by molar-refractivity contribution is -0.136. The van der Waals surface area contributed by atoms with Gasteiger partial charge in [-0.1, -0.05) is 24.3 Å². The van der Waals surface area contributed by atoms with E-state index in [-0.39, 0.29) is 80.6 Å². The molecule has 4 aromatic rings. The van der Waals surface area contributed by atoms with Crippen LogP contribution >= 0.6 is 0 Å². The van der Waals surface area contributed by atoms with E-state index in [9.17, 15) is 33.6 Å². The molecule has 60 heavy (non-hydrogen) atoms. The van der Waals surface area contributed by atoms with Crippen LogP contribution in [0.2, 0.25) is 0 Å². The Morgan fingerprint density at radius 1 is 0.867 bits per heavy atom. The fourth-order valence-corrected chi connectivity index (χ4v) is 7.28. The van der Waals surface area contributed by atoms with Crippen molar-refractivity contribution in [3.8, 4) is 5.75 Å². The van der Waals surface area contributed by atoms with Crippen molar-refractivity contribution in [2.75, 3.05) is 76.0 Å². The second kappa shape index (κ2) is 18.8. The number of anilines is 3. The van der Waals surface area contributed by atoms with Crippen molar-refractivity contribution in [3.05, 3.63) is 89.6 Å². The molecule has 0 radical (unpaired) electrons. The van der Waals surface area contributed by atoms with Gasteiger partial charge in [0.05, 0.1) is 60.7 Å². The molecule has 3 aliphatic rings. The summed E-state index contributed by atoms with van der Waals surface area (Å²) in [6.45, 7) is 3.01. The van der Waals surface area contributed by atoms with Crippen molar-refractivity contribution in [1.29, 1.82) is 0 Å². The highest BCUT2D eigenvalue weighted by Gasteiger charge is 2.46. The molecule has 3 aromatic carbocycles. The average molecular weight is 821 g/mol. The van der Waals surface area contributed by atoms with E-state index in [1.54, 1.807) is 0 Å². The Labute approximate surface area is 344 Å². The Morgan fingerprint density at radius 2 is 1.63 bits per heavy atom. The molecule has 1 aromatic heterocycles. The SMILES string of the molecule is NC(=O)c1cnc2ccc(N3CCN(C(=O)CCOCCOCCNC(=O)COc4cccc5c4C(=O)N(C4CCC(=O)NC4=O)C5=O)CC3)cc2c1Nc1ccccc1. The van der Waals surface area contributed by atoms with E-state index in [0.717, 1.165) is 21.7 Å². The number of nitrogens with two attached hydrogens (primary N) is 1. The van der Waals surface area contributed by atoms with E-state index in [1.165, 1.54) is 24.4 Å². The predicted octanol–water partition coefficient (Wildman–Crippen LogP) is 1.75. The summed E-state index contributed by atoms with van der Waals surface area (Å²) in [6.07, 6.45) is 1.73. The zero-order chi connectivity index (χ0) is 42.2. The molecule has 18 nitrogen and oxygen atoms in total. The van der Waals surface area contributed by atoms with Crippen molar-refractivity contribution in [1.82, 2.24) is 25.4 Å². The van der Waals surface area contributed by atoms with Gasteiger partial charge in [-0.15, -0.1) is 0 Å². The van der Waals surface area contributed by atoms with Crippen molar-refractivity contribution in [3.63, 3.8) is 0 Å². The van der Waals surface area contributed by atoms with E-state index in [1.807, 2.05) is 53.4 Å². The maximum Gasteiger partial charge on any atom is 0.266 e. The minimum Gasteiger partial charge on any atom is -0.483 e. The average Bonchev–Trinajstić information content (AvgIpc) is 3.51. The van der Waals surface area contributed by atoms with Crippen LogP contribution in [-0.2, 0) is 28.7 Å². The Balaban J connectivity index is 0.775. The van der Waals surface area contributed by atoms with Crippen LogP contribution in [-0.4, -0.2) is 128 Å². The zero-order valence-corrected chi connectivity index (χ0v) is 32.6. The number of nitrogens with one attached hydrogen (secondary N) is 3. The highest BCUT2D eigenvalue weighted by molar-refractivity contribution is 6.24. The number of piperidine rings is 1. The maximum absolute atomic E-state index is 13.2. The Hall–Kier alpha value is -6.92. The molecular weight excluding hydrogens is 777 g/mol. The molecule has 2 fully saturated rings. The van der Waals surface area contributed by atoms with Crippen LogP contribution in [0.3, 0.4) is 0 Å². The van der Waals surface area contributed by atoms with Gasteiger partial charge in [0.1, 0.15) is 11.8 Å². The number of imide groups is 2. The first-order valence-electron chi connectivity index (χ1n) is 19.6. The second-order valence-corrected chi connectivity index (χ2v) is 14.2. The molecule has 0 aliphatic carbocycles. The number of carbonyl (C=O) groups excluding carboxylic acids is 7. The van der Waals surface area contributed by atoms with Crippen molar-refractivity contribution >= 4 is 69.3 Å². The molecule has 3 aliphatic heterocycles. The summed E-state index contributed by atoms with van der Waals surface area (Å²) in [4.78, 5) is 97.0. The van der Waals surface area contributed by atoms with Gasteiger partial charge < -0.3 is 40.4 Å². The van der Waals surface area contributed by atoms with E-state index in [0.29, 0.717) is 37.4 Å². The molecule has 18 heteroatoms. The Bertz CT molecular complexity index is 2310. The largest absolute Gasteiger partial charge is 0.483 e. The summed E-state index contributed by atoms with van der Waals surface area (Å²) in [5.74, 6) is -3.64. The van der Waals surface area contributed by atoms with Crippen LogP contribution in [0.25, 0.3) is 10.9 Å². The van der Waals surface area contributed by atoms with Gasteiger partial charge in [-0.05, 0) is 48.9 Å². The second-order valence-electron chi connectivity index (χ2n) is 14.2. The minimum atomic E-state index is -1.12. The number of amides is 7. The summed E-state index contributed by atoms with van der Waals surface area (Å²) in [6, 6.07) is 18.7. The first kappa shape index (κ1) is 41.2. The van der Waals surface area contributed by atoms with Gasteiger partial charge in [0.2, 0.25) is 17.7 Å². The van der Waals surface area contributed by atoms with Crippen molar-refractivity contribution in [2.24, 2.45) is 5.73 Å². The fourth-order valence-electron chi connectivity index (χ4n) is 7.28. The summed E-state index contributed by atoms with van der Waals surface area (Å²) >= 11 is 0. The number of para-hydroxylation sites is 1. The van der Waals surface area contributed by atoms with Crippen LogP contribution < -0.4 is 31.3 Å². The predicted molar refractivity (Wildman–Crippen MR) is 217 cm³/mol. The number of rotatable bonds is 17. The summed E-state index contributed by atoms with van der Waals surface area (Å²) < 4.78 is 16.7. The number of primary amides is 1. The number of pyridine rings is 1. The van der Waals surface area contributed by atoms with Crippen LogP contribution in [0.15, 0.2) is 72.9 Å². The molecule has 1 atom stereocenters. The molecule has 7 rings (SSSR count). The third-order valence-corrected chi connectivity index (χ3v) is 10.3. The number of benzene rings is 3. The molecule has 312 valence electrons. The van der Waals surface area contributed by atoms with Crippen LogP contribution in [0.1, 0.15) is 50.3 Å². The maximum atomic E-state index is 13.2. The number of carbonyl (C=O) groups is 7. The summed E-state index contributed by atoms with van der Waals surface area (Å²) in [5, 5.41) is 8.90. The molecule has 2 saturated heterocycles. The van der Waals surface area contributed by atoms with Gasteiger partial charge in [0.25, 0.3) is 23.6 Å². The minimum absolute atomic E-state index is 0.00105. The monoisotopic (exact) mass is 820 g/mol. The van der Waals surface area contributed by atoms with Crippen molar-refractivity contribution < 1.29 is 47.8 Å². The lowest BCUT2D eigenvalue weighted by Gasteiger charge is -2.36. The van der Waals surface area contributed by atoms with E-state index in [4.69, 9.17) is 19.9 Å². The smallest absolute Gasteiger partial charge is 0.266 e. The number of piperazine rings is 1. The highest BCUT2D eigenvalue weighted by atomic mass is 16.5. The zero-order valence-electron chi connectivity index (χ0n) is 32.6. The summed E-state index contributed by atoms with van der Waals surface area (Å²) in [5.41, 5.74) is 9.06. The number of nitrogens with zero attached hydrogens (tertiary/aromatic N) is 4. The standard InChI is InChI=1S/C42H44N8O10/c43-39(54)30-24-45-31-10-9-27(23-29(31)38(30)46-26-5-2-1-3-6-26)48-15-17-49(18-16-48)36(53)13-19-58-21-22-59-20-14-44-35(52)25-60-33-8-4-7-28-37(33)42(57)50(41(28)56)32-11-12-34(51)47-40(32)55/h1-10,23-24,32H,11-22,25H2,(H2,43,54)(H,44,52)(H,45,46)(H,47,51,55). The number of ether oxygens (including phenoxy) is 3. The number of aromatic nitrogens is 1. The van der Waals surface area contributed by atoms with Gasteiger partial charge in [-0.25, -0.2) is 0 Å². The lowest BCUT2D eigenvalue weighted by atomic mass is 10.0. The molecular formula is C42H44N8O10. The van der Waals surface area contributed by atoms with Crippen LogP contribution in [0.4, 0.5) is 17.1 Å². The first-order chi connectivity index (χ1) is 29.1. The van der Waals surface area contributed by atoms with Gasteiger partial charge in [-0.2, -0.15) is 0 Å². The molecule has 7 amide bonds.